The van der Waals surface area contributed by atoms with Crippen LogP contribution in [0.4, 0.5) is 0 Å². The fourth-order valence-electron chi connectivity index (χ4n) is 1.82. The summed E-state index contributed by atoms with van der Waals surface area (Å²) in [6.45, 7) is 6.28. The van der Waals surface area contributed by atoms with Gasteiger partial charge in [0, 0.05) is 6.54 Å². The first-order valence-corrected chi connectivity index (χ1v) is 8.22. The van der Waals surface area contributed by atoms with E-state index in [4.69, 9.17) is 14.2 Å². The molecule has 23 heavy (non-hydrogen) atoms. The molecule has 0 aromatic heterocycles. The van der Waals surface area contributed by atoms with Crippen LogP contribution >= 0.6 is 15.9 Å². The molecular formula is C16H22BrNO5. The molecule has 128 valence electrons. The van der Waals surface area contributed by atoms with Crippen LogP contribution in [-0.2, 0) is 9.53 Å². The third-order valence-electron chi connectivity index (χ3n) is 2.95. The maximum absolute atomic E-state index is 12.2. The number of methoxy groups -OCH3 is 1. The summed E-state index contributed by atoms with van der Waals surface area (Å²) in [7, 11) is 1.51. The van der Waals surface area contributed by atoms with Crippen molar-refractivity contribution in [3.8, 4) is 11.5 Å². The molecule has 0 aliphatic carbocycles. The fraction of sp³-hybridized carbons (Fsp3) is 0.500. The highest BCUT2D eigenvalue weighted by atomic mass is 79.9. The summed E-state index contributed by atoms with van der Waals surface area (Å²) in [5.74, 6) is 0.00261. The zero-order valence-electron chi connectivity index (χ0n) is 13.8. The average Bonchev–Trinajstić information content (AvgIpc) is 2.52. The topological polar surface area (TPSA) is 73.9 Å². The number of rotatable bonds is 8. The summed E-state index contributed by atoms with van der Waals surface area (Å²) in [5.41, 5.74) is 0.274. The second-order valence-corrected chi connectivity index (χ2v) is 5.62. The monoisotopic (exact) mass is 387 g/mol. The standard InChI is InChI=1S/C16H22BrNO5/c1-5-7-18-15(19)10(3)23-16(20)11-8-12(17)14(21-4)13(9-11)22-6-2/h8-10H,5-7H2,1-4H3,(H,18,19). The maximum atomic E-state index is 12.2. The molecule has 1 N–H and O–H groups in total. The summed E-state index contributed by atoms with van der Waals surface area (Å²) in [5, 5.41) is 2.68. The average molecular weight is 388 g/mol. The van der Waals surface area contributed by atoms with Gasteiger partial charge in [0.25, 0.3) is 5.91 Å². The minimum atomic E-state index is -0.870. The van der Waals surface area contributed by atoms with Gasteiger partial charge in [0.1, 0.15) is 0 Å². The van der Waals surface area contributed by atoms with Crippen LogP contribution in [0.15, 0.2) is 16.6 Å². The van der Waals surface area contributed by atoms with Crippen molar-refractivity contribution >= 4 is 27.8 Å². The van der Waals surface area contributed by atoms with Crippen LogP contribution < -0.4 is 14.8 Å². The number of hydrogen-bond acceptors (Lipinski definition) is 5. The van der Waals surface area contributed by atoms with Crippen molar-refractivity contribution in [2.75, 3.05) is 20.3 Å². The van der Waals surface area contributed by atoms with Gasteiger partial charge < -0.3 is 19.5 Å². The normalized spacial score (nSPS) is 11.5. The van der Waals surface area contributed by atoms with Gasteiger partial charge in [-0.1, -0.05) is 6.92 Å². The van der Waals surface area contributed by atoms with E-state index in [2.05, 4.69) is 21.2 Å². The van der Waals surface area contributed by atoms with E-state index in [1.54, 1.807) is 6.07 Å². The zero-order chi connectivity index (χ0) is 17.4. The number of amides is 1. The molecule has 0 fully saturated rings. The van der Waals surface area contributed by atoms with Crippen molar-refractivity contribution < 1.29 is 23.8 Å². The predicted molar refractivity (Wildman–Crippen MR) is 90.0 cm³/mol. The third-order valence-corrected chi connectivity index (χ3v) is 3.54. The number of esters is 1. The van der Waals surface area contributed by atoms with E-state index in [1.807, 2.05) is 13.8 Å². The molecule has 1 atom stereocenters. The predicted octanol–water partition coefficient (Wildman–Crippen LogP) is 2.93. The number of carbonyl (C=O) groups is 2. The van der Waals surface area contributed by atoms with Gasteiger partial charge in [-0.15, -0.1) is 0 Å². The minimum absolute atomic E-state index is 0.274. The fourth-order valence-corrected chi connectivity index (χ4v) is 2.42. The van der Waals surface area contributed by atoms with Crippen molar-refractivity contribution in [1.29, 1.82) is 0 Å². The highest BCUT2D eigenvalue weighted by molar-refractivity contribution is 9.10. The van der Waals surface area contributed by atoms with E-state index in [-0.39, 0.29) is 11.5 Å². The highest BCUT2D eigenvalue weighted by Gasteiger charge is 2.21. The zero-order valence-corrected chi connectivity index (χ0v) is 15.4. The van der Waals surface area contributed by atoms with Crippen LogP contribution in [0.5, 0.6) is 11.5 Å². The van der Waals surface area contributed by atoms with Gasteiger partial charge >= 0.3 is 5.97 Å². The van der Waals surface area contributed by atoms with Crippen LogP contribution in [0.3, 0.4) is 0 Å². The second kappa shape index (κ2) is 9.39. The van der Waals surface area contributed by atoms with E-state index >= 15 is 0 Å². The van der Waals surface area contributed by atoms with E-state index < -0.39 is 12.1 Å². The second-order valence-electron chi connectivity index (χ2n) is 4.76. The molecule has 1 unspecified atom stereocenters. The number of ether oxygens (including phenoxy) is 3. The van der Waals surface area contributed by atoms with Gasteiger partial charge in [-0.05, 0) is 48.3 Å². The number of halogens is 1. The number of benzene rings is 1. The molecule has 0 bridgehead atoms. The Balaban J connectivity index is 2.89. The Hall–Kier alpha value is -1.76. The van der Waals surface area contributed by atoms with Gasteiger partial charge in [-0.2, -0.15) is 0 Å². The Labute approximate surface area is 144 Å². The minimum Gasteiger partial charge on any atom is -0.492 e. The lowest BCUT2D eigenvalue weighted by molar-refractivity contribution is -0.129. The molecule has 0 radical (unpaired) electrons. The first-order chi connectivity index (χ1) is 10.9. The van der Waals surface area contributed by atoms with Gasteiger partial charge in [0.05, 0.1) is 23.8 Å². The van der Waals surface area contributed by atoms with Crippen molar-refractivity contribution in [3.05, 3.63) is 22.2 Å². The Morgan fingerprint density at radius 2 is 2.00 bits per heavy atom. The number of nitrogens with one attached hydrogen (secondary N) is 1. The van der Waals surface area contributed by atoms with Crippen LogP contribution in [0, 0.1) is 0 Å². The summed E-state index contributed by atoms with van der Waals surface area (Å²) in [6, 6.07) is 3.10. The molecule has 1 amide bonds. The van der Waals surface area contributed by atoms with E-state index in [0.717, 1.165) is 6.42 Å². The summed E-state index contributed by atoms with van der Waals surface area (Å²) < 4.78 is 16.5. The molecule has 0 spiro atoms. The molecule has 1 aromatic rings. The Bertz CT molecular complexity index is 562. The Kier molecular flexibility index (Phi) is 7.88. The molecule has 0 aliphatic heterocycles. The van der Waals surface area contributed by atoms with E-state index in [0.29, 0.717) is 29.1 Å². The smallest absolute Gasteiger partial charge is 0.339 e. The lowest BCUT2D eigenvalue weighted by Gasteiger charge is -2.15. The lowest BCUT2D eigenvalue weighted by atomic mass is 10.2. The summed E-state index contributed by atoms with van der Waals surface area (Å²) >= 11 is 3.33. The Morgan fingerprint density at radius 1 is 1.30 bits per heavy atom. The molecule has 6 nitrogen and oxygen atoms in total. The van der Waals surface area contributed by atoms with Crippen LogP contribution in [0.2, 0.25) is 0 Å². The lowest BCUT2D eigenvalue weighted by Crippen LogP contribution is -2.36. The van der Waals surface area contributed by atoms with Gasteiger partial charge in [0.15, 0.2) is 17.6 Å². The molecule has 1 aromatic carbocycles. The molecule has 0 saturated heterocycles. The van der Waals surface area contributed by atoms with Crippen molar-refractivity contribution in [1.82, 2.24) is 5.32 Å². The van der Waals surface area contributed by atoms with Gasteiger partial charge in [-0.25, -0.2) is 4.79 Å². The van der Waals surface area contributed by atoms with Gasteiger partial charge in [-0.3, -0.25) is 4.79 Å². The van der Waals surface area contributed by atoms with Crippen LogP contribution in [0.25, 0.3) is 0 Å². The molecular weight excluding hydrogens is 366 g/mol. The molecule has 7 heteroatoms. The largest absolute Gasteiger partial charge is 0.492 e. The first-order valence-electron chi connectivity index (χ1n) is 7.43. The van der Waals surface area contributed by atoms with Crippen molar-refractivity contribution in [2.45, 2.75) is 33.3 Å². The third kappa shape index (κ3) is 5.42. The molecule has 0 saturated carbocycles. The molecule has 0 aliphatic rings. The maximum Gasteiger partial charge on any atom is 0.339 e. The number of hydrogen-bond donors (Lipinski definition) is 1. The quantitative estimate of drug-likeness (QED) is 0.694. The Morgan fingerprint density at radius 3 is 2.57 bits per heavy atom. The highest BCUT2D eigenvalue weighted by Crippen LogP contribution is 2.36. The molecule has 1 rings (SSSR count). The number of carbonyl (C=O) groups excluding carboxylic acids is 2. The van der Waals surface area contributed by atoms with Crippen molar-refractivity contribution in [3.63, 3.8) is 0 Å². The van der Waals surface area contributed by atoms with E-state index in [9.17, 15) is 9.59 Å². The van der Waals surface area contributed by atoms with E-state index in [1.165, 1.54) is 20.1 Å². The molecule has 0 heterocycles. The van der Waals surface area contributed by atoms with Gasteiger partial charge in [0.2, 0.25) is 0 Å². The van der Waals surface area contributed by atoms with Crippen molar-refractivity contribution in [2.24, 2.45) is 0 Å². The SMILES string of the molecule is CCCNC(=O)C(C)OC(=O)c1cc(Br)c(OC)c(OCC)c1. The summed E-state index contributed by atoms with van der Waals surface area (Å²) in [4.78, 5) is 24.0. The van der Waals surface area contributed by atoms with Crippen LogP contribution in [0.1, 0.15) is 37.6 Å². The first kappa shape index (κ1) is 19.3. The summed E-state index contributed by atoms with van der Waals surface area (Å²) in [6.07, 6.45) is -0.0549. The van der Waals surface area contributed by atoms with Crippen LogP contribution in [-0.4, -0.2) is 38.2 Å².